The van der Waals surface area contributed by atoms with E-state index in [4.69, 9.17) is 9.97 Å². The maximum absolute atomic E-state index is 13.9. The Labute approximate surface area is 203 Å². The second kappa shape index (κ2) is 8.50. The number of halogens is 1. The van der Waals surface area contributed by atoms with Crippen LogP contribution in [0.3, 0.4) is 0 Å². The molecule has 3 aromatic heterocycles. The first-order chi connectivity index (χ1) is 16.5. The lowest BCUT2D eigenvalue weighted by Crippen LogP contribution is -2.36. The van der Waals surface area contributed by atoms with E-state index in [2.05, 4.69) is 71.2 Å². The Morgan fingerprint density at radius 2 is 2.03 bits per heavy atom. The van der Waals surface area contributed by atoms with Crippen LogP contribution in [0.15, 0.2) is 30.3 Å². The van der Waals surface area contributed by atoms with Crippen LogP contribution in [-0.2, 0) is 19.9 Å². The molecule has 1 unspecified atom stereocenters. The number of alkyl halides is 1. The van der Waals surface area contributed by atoms with Gasteiger partial charge in [-0.15, -0.1) is 0 Å². The second-order valence-electron chi connectivity index (χ2n) is 9.90. The Kier molecular flexibility index (Phi) is 5.45. The molecule has 1 aromatic carbocycles. The number of aromatic nitrogens is 3. The first-order valence-corrected chi connectivity index (χ1v) is 13.0. The number of hydrogen-bond acceptors (Lipinski definition) is 6. The first-order valence-electron chi connectivity index (χ1n) is 12.2. The molecule has 1 aliphatic heterocycles. The Bertz CT molecular complexity index is 1360. The van der Waals surface area contributed by atoms with Crippen molar-refractivity contribution in [1.29, 1.82) is 0 Å². The highest BCUT2D eigenvalue weighted by Gasteiger charge is 2.26. The molecule has 0 amide bonds. The second-order valence-corrected chi connectivity index (χ2v) is 10.9. The van der Waals surface area contributed by atoms with Crippen molar-refractivity contribution in [2.45, 2.75) is 44.3 Å². The van der Waals surface area contributed by atoms with E-state index in [1.807, 2.05) is 0 Å². The summed E-state index contributed by atoms with van der Waals surface area (Å²) in [6, 6.07) is 11.1. The fourth-order valence-electron chi connectivity index (χ4n) is 5.50. The lowest BCUT2D eigenvalue weighted by atomic mass is 9.91. The zero-order valence-corrected chi connectivity index (χ0v) is 20.8. The fourth-order valence-corrected chi connectivity index (χ4v) is 6.48. The van der Waals surface area contributed by atoms with Gasteiger partial charge in [0.2, 0.25) is 0 Å². The average Bonchev–Trinajstić information content (AvgIpc) is 3.38. The lowest BCUT2D eigenvalue weighted by Gasteiger charge is -2.28. The Morgan fingerprint density at radius 1 is 1.15 bits per heavy atom. The molecule has 178 valence electrons. The average molecular weight is 479 g/mol. The van der Waals surface area contributed by atoms with E-state index in [9.17, 15) is 4.39 Å². The van der Waals surface area contributed by atoms with Crippen LogP contribution in [0.5, 0.6) is 0 Å². The molecule has 2 atom stereocenters. The highest BCUT2D eigenvalue weighted by Crippen LogP contribution is 2.35. The SMILES string of the molecule is CN(C)C1CCc2c(c3ccc(Nc4ccc5sc(N6CCC[C@H](F)C6)nc5c4)nc3n2C)C1. The molecule has 4 aromatic rings. The Hall–Kier alpha value is -2.71. The van der Waals surface area contributed by atoms with Crippen molar-refractivity contribution in [3.63, 3.8) is 0 Å². The molecule has 6 nitrogen and oxygen atoms in total. The zero-order chi connectivity index (χ0) is 23.4. The number of hydrogen-bond donors (Lipinski definition) is 1. The number of rotatable bonds is 4. The molecule has 6 rings (SSSR count). The molecule has 0 bridgehead atoms. The summed E-state index contributed by atoms with van der Waals surface area (Å²) in [6.07, 6.45) is 4.15. The molecule has 4 heterocycles. The van der Waals surface area contributed by atoms with Gasteiger partial charge in [0, 0.05) is 36.4 Å². The topological polar surface area (TPSA) is 49.2 Å². The molecule has 1 aliphatic carbocycles. The van der Waals surface area contributed by atoms with E-state index in [0.29, 0.717) is 19.0 Å². The summed E-state index contributed by atoms with van der Waals surface area (Å²) < 4.78 is 17.3. The van der Waals surface area contributed by atoms with Crippen LogP contribution in [0.4, 0.5) is 21.0 Å². The molecular formula is C26H31FN6S. The number of likely N-dealkylation sites (N-methyl/N-ethyl adjacent to an activating group) is 1. The predicted octanol–water partition coefficient (Wildman–Crippen LogP) is 5.28. The van der Waals surface area contributed by atoms with Crippen molar-refractivity contribution in [2.75, 3.05) is 37.4 Å². The summed E-state index contributed by atoms with van der Waals surface area (Å²) in [5.74, 6) is 0.834. The van der Waals surface area contributed by atoms with Crippen LogP contribution >= 0.6 is 11.3 Å². The molecule has 34 heavy (non-hydrogen) atoms. The van der Waals surface area contributed by atoms with Crippen LogP contribution in [0.2, 0.25) is 0 Å². The summed E-state index contributed by atoms with van der Waals surface area (Å²) in [7, 11) is 6.49. The van der Waals surface area contributed by atoms with E-state index in [1.54, 1.807) is 11.3 Å². The van der Waals surface area contributed by atoms with Gasteiger partial charge in [0.15, 0.2) is 5.13 Å². The number of aryl methyl sites for hydroxylation is 1. The highest BCUT2D eigenvalue weighted by molar-refractivity contribution is 7.22. The summed E-state index contributed by atoms with van der Waals surface area (Å²) in [4.78, 5) is 14.2. The van der Waals surface area contributed by atoms with Gasteiger partial charge in [0.1, 0.15) is 17.6 Å². The smallest absolute Gasteiger partial charge is 0.186 e. The minimum Gasteiger partial charge on any atom is -0.345 e. The van der Waals surface area contributed by atoms with E-state index < -0.39 is 6.17 Å². The van der Waals surface area contributed by atoms with Crippen molar-refractivity contribution in [3.05, 3.63) is 41.6 Å². The van der Waals surface area contributed by atoms with Gasteiger partial charge < -0.3 is 19.7 Å². The lowest BCUT2D eigenvalue weighted by molar-refractivity contribution is 0.267. The summed E-state index contributed by atoms with van der Waals surface area (Å²) in [5, 5.41) is 5.66. The van der Waals surface area contributed by atoms with Gasteiger partial charge in [-0.05, 0) is 82.1 Å². The van der Waals surface area contributed by atoms with Crippen LogP contribution in [0, 0.1) is 0 Å². The third kappa shape index (κ3) is 3.82. The van der Waals surface area contributed by atoms with Crippen molar-refractivity contribution in [2.24, 2.45) is 7.05 Å². The van der Waals surface area contributed by atoms with Crippen LogP contribution in [0.25, 0.3) is 21.3 Å². The van der Waals surface area contributed by atoms with Crippen LogP contribution in [-0.4, -0.2) is 58.8 Å². The molecule has 1 fully saturated rings. The summed E-state index contributed by atoms with van der Waals surface area (Å²) >= 11 is 1.64. The van der Waals surface area contributed by atoms with Gasteiger partial charge in [-0.1, -0.05) is 11.3 Å². The maximum Gasteiger partial charge on any atom is 0.186 e. The number of benzene rings is 1. The fraction of sp³-hybridized carbons (Fsp3) is 0.462. The van der Waals surface area contributed by atoms with Gasteiger partial charge in [-0.25, -0.2) is 14.4 Å². The van der Waals surface area contributed by atoms with E-state index in [-0.39, 0.29) is 0 Å². The molecule has 8 heteroatoms. The minimum atomic E-state index is -0.754. The van der Waals surface area contributed by atoms with Crippen LogP contribution in [0.1, 0.15) is 30.5 Å². The van der Waals surface area contributed by atoms with Crippen molar-refractivity contribution < 1.29 is 4.39 Å². The molecule has 0 radical (unpaired) electrons. The Morgan fingerprint density at radius 3 is 2.85 bits per heavy atom. The molecule has 1 N–H and O–H groups in total. The molecule has 2 aliphatic rings. The number of nitrogens with zero attached hydrogens (tertiary/aromatic N) is 5. The van der Waals surface area contributed by atoms with E-state index in [0.717, 1.165) is 58.3 Å². The Balaban J connectivity index is 1.27. The highest BCUT2D eigenvalue weighted by atomic mass is 32.1. The summed E-state index contributed by atoms with van der Waals surface area (Å²) in [6.45, 7) is 1.33. The number of fused-ring (bicyclic) bond motifs is 4. The molecular weight excluding hydrogens is 447 g/mol. The molecule has 1 saturated heterocycles. The minimum absolute atomic E-state index is 0.449. The predicted molar refractivity (Wildman–Crippen MR) is 139 cm³/mol. The number of piperidine rings is 1. The molecule has 0 spiro atoms. The van der Waals surface area contributed by atoms with Crippen molar-refractivity contribution in [3.8, 4) is 0 Å². The summed E-state index contributed by atoms with van der Waals surface area (Å²) in [5.41, 5.74) is 5.81. The largest absolute Gasteiger partial charge is 0.345 e. The van der Waals surface area contributed by atoms with E-state index >= 15 is 0 Å². The van der Waals surface area contributed by atoms with Crippen molar-refractivity contribution >= 4 is 49.2 Å². The number of pyridine rings is 1. The standard InChI is InChI=1S/C26H31FN6S/c1-31(2)18-7-9-22-20(14-18)19-8-11-24(30-25(19)32(22)3)28-17-6-10-23-21(13-17)29-26(34-23)33-12-4-5-16(27)15-33/h6,8,10-11,13,16,18H,4-5,7,9,12,14-15H2,1-3H3,(H,28,30)/t16-,18?/m0/s1. The number of nitrogens with one attached hydrogen (secondary N) is 1. The zero-order valence-electron chi connectivity index (χ0n) is 20.0. The van der Waals surface area contributed by atoms with Gasteiger partial charge in [-0.2, -0.15) is 0 Å². The normalized spacial score (nSPS) is 20.9. The quantitative estimate of drug-likeness (QED) is 0.432. The third-order valence-corrected chi connectivity index (χ3v) is 8.54. The number of anilines is 3. The molecule has 0 saturated carbocycles. The monoisotopic (exact) mass is 478 g/mol. The van der Waals surface area contributed by atoms with Gasteiger partial charge in [-0.3, -0.25) is 0 Å². The van der Waals surface area contributed by atoms with Crippen molar-refractivity contribution in [1.82, 2.24) is 19.4 Å². The van der Waals surface area contributed by atoms with Gasteiger partial charge >= 0.3 is 0 Å². The van der Waals surface area contributed by atoms with Gasteiger partial charge in [0.05, 0.1) is 16.8 Å². The van der Waals surface area contributed by atoms with Crippen LogP contribution < -0.4 is 10.2 Å². The number of thiazole rings is 1. The van der Waals surface area contributed by atoms with Gasteiger partial charge in [0.25, 0.3) is 0 Å². The third-order valence-electron chi connectivity index (χ3n) is 7.44. The maximum atomic E-state index is 13.9. The van der Waals surface area contributed by atoms with E-state index in [1.165, 1.54) is 23.1 Å². The first kappa shape index (κ1) is 21.8.